The SMILES string of the molecule is CC(C)OC(c1ccccc1)C(C)N. The highest BCUT2D eigenvalue weighted by atomic mass is 16.5. The fraction of sp³-hybridized carbons (Fsp3) is 0.500. The Bertz CT molecular complexity index is 256. The maximum Gasteiger partial charge on any atom is 0.0976 e. The maximum atomic E-state index is 5.89. The topological polar surface area (TPSA) is 35.2 Å². The molecule has 1 aromatic carbocycles. The van der Waals surface area contributed by atoms with E-state index in [0.717, 1.165) is 5.56 Å². The van der Waals surface area contributed by atoms with Crippen molar-refractivity contribution in [2.24, 2.45) is 5.73 Å². The molecule has 0 radical (unpaired) electrons. The molecule has 78 valence electrons. The van der Waals surface area contributed by atoms with E-state index in [4.69, 9.17) is 10.5 Å². The second-order valence-corrected chi connectivity index (χ2v) is 3.88. The van der Waals surface area contributed by atoms with Crippen molar-refractivity contribution in [1.82, 2.24) is 0 Å². The van der Waals surface area contributed by atoms with Crippen molar-refractivity contribution in [1.29, 1.82) is 0 Å². The van der Waals surface area contributed by atoms with E-state index in [9.17, 15) is 0 Å². The van der Waals surface area contributed by atoms with Crippen molar-refractivity contribution in [3.63, 3.8) is 0 Å². The van der Waals surface area contributed by atoms with Crippen molar-refractivity contribution in [3.05, 3.63) is 35.9 Å². The molecule has 0 saturated carbocycles. The van der Waals surface area contributed by atoms with E-state index in [1.165, 1.54) is 0 Å². The van der Waals surface area contributed by atoms with Gasteiger partial charge in [-0.25, -0.2) is 0 Å². The monoisotopic (exact) mass is 193 g/mol. The molecule has 1 rings (SSSR count). The number of ether oxygens (including phenoxy) is 1. The molecule has 1 aromatic rings. The number of hydrogen-bond donors (Lipinski definition) is 1. The molecule has 2 atom stereocenters. The lowest BCUT2D eigenvalue weighted by atomic mass is 10.0. The Labute approximate surface area is 86.1 Å². The Morgan fingerprint density at radius 1 is 1.07 bits per heavy atom. The first-order chi connectivity index (χ1) is 6.61. The molecule has 0 heterocycles. The summed E-state index contributed by atoms with van der Waals surface area (Å²) < 4.78 is 5.77. The highest BCUT2D eigenvalue weighted by Crippen LogP contribution is 2.21. The van der Waals surface area contributed by atoms with E-state index in [1.54, 1.807) is 0 Å². The standard InChI is InChI=1S/C12H19NO/c1-9(2)14-12(10(3)13)11-7-5-4-6-8-11/h4-10,12H,13H2,1-3H3. The molecule has 0 saturated heterocycles. The van der Waals surface area contributed by atoms with Crippen LogP contribution in [0.3, 0.4) is 0 Å². The zero-order chi connectivity index (χ0) is 10.6. The third-order valence-corrected chi connectivity index (χ3v) is 2.02. The van der Waals surface area contributed by atoms with Crippen LogP contribution in [-0.2, 0) is 4.74 Å². The second kappa shape index (κ2) is 5.13. The Morgan fingerprint density at radius 2 is 1.64 bits per heavy atom. The normalized spacial score (nSPS) is 15.5. The molecule has 2 unspecified atom stereocenters. The molecule has 0 bridgehead atoms. The summed E-state index contributed by atoms with van der Waals surface area (Å²) in [5.74, 6) is 0. The first-order valence-corrected chi connectivity index (χ1v) is 5.07. The summed E-state index contributed by atoms with van der Waals surface area (Å²) in [5, 5.41) is 0. The van der Waals surface area contributed by atoms with Gasteiger partial charge in [-0.05, 0) is 26.3 Å². The quantitative estimate of drug-likeness (QED) is 0.797. The van der Waals surface area contributed by atoms with E-state index >= 15 is 0 Å². The smallest absolute Gasteiger partial charge is 0.0976 e. The van der Waals surface area contributed by atoms with Crippen LogP contribution in [0.5, 0.6) is 0 Å². The van der Waals surface area contributed by atoms with Crippen molar-refractivity contribution in [2.75, 3.05) is 0 Å². The van der Waals surface area contributed by atoms with Crippen molar-refractivity contribution < 1.29 is 4.74 Å². The second-order valence-electron chi connectivity index (χ2n) is 3.88. The zero-order valence-corrected chi connectivity index (χ0v) is 9.10. The lowest BCUT2D eigenvalue weighted by Gasteiger charge is -2.24. The lowest BCUT2D eigenvalue weighted by Crippen LogP contribution is -2.28. The summed E-state index contributed by atoms with van der Waals surface area (Å²) in [6.07, 6.45) is 0.197. The van der Waals surface area contributed by atoms with Crippen LogP contribution in [0.1, 0.15) is 32.4 Å². The van der Waals surface area contributed by atoms with Gasteiger partial charge in [0.05, 0.1) is 12.2 Å². The number of rotatable bonds is 4. The Hall–Kier alpha value is -0.860. The Balaban J connectivity index is 2.78. The fourth-order valence-corrected chi connectivity index (χ4v) is 1.44. The summed E-state index contributed by atoms with van der Waals surface area (Å²) in [7, 11) is 0. The van der Waals surface area contributed by atoms with Crippen molar-refractivity contribution in [3.8, 4) is 0 Å². The average molecular weight is 193 g/mol. The molecule has 2 heteroatoms. The van der Waals surface area contributed by atoms with E-state index < -0.39 is 0 Å². The molecule has 2 nitrogen and oxygen atoms in total. The lowest BCUT2D eigenvalue weighted by molar-refractivity contribution is -0.00512. The predicted octanol–water partition coefficient (Wildman–Crippen LogP) is 2.50. The summed E-state index contributed by atoms with van der Waals surface area (Å²) in [4.78, 5) is 0. The van der Waals surface area contributed by atoms with E-state index in [1.807, 2.05) is 39.0 Å². The minimum absolute atomic E-state index is 0.00352. The molecule has 0 aliphatic rings. The minimum Gasteiger partial charge on any atom is -0.369 e. The molecule has 14 heavy (non-hydrogen) atoms. The van der Waals surface area contributed by atoms with Gasteiger partial charge in [-0.3, -0.25) is 0 Å². The summed E-state index contributed by atoms with van der Waals surface area (Å²) in [6, 6.07) is 10.1. The van der Waals surface area contributed by atoms with Crippen LogP contribution in [0.15, 0.2) is 30.3 Å². The van der Waals surface area contributed by atoms with Gasteiger partial charge in [0.15, 0.2) is 0 Å². The van der Waals surface area contributed by atoms with Gasteiger partial charge >= 0.3 is 0 Å². The van der Waals surface area contributed by atoms with Gasteiger partial charge < -0.3 is 10.5 Å². The van der Waals surface area contributed by atoms with E-state index in [2.05, 4.69) is 12.1 Å². The van der Waals surface area contributed by atoms with Crippen LogP contribution < -0.4 is 5.73 Å². The summed E-state index contributed by atoms with van der Waals surface area (Å²) in [5.41, 5.74) is 7.04. The highest BCUT2D eigenvalue weighted by molar-refractivity contribution is 5.18. The van der Waals surface area contributed by atoms with Gasteiger partial charge in [0, 0.05) is 6.04 Å². The van der Waals surface area contributed by atoms with Gasteiger partial charge in [0.2, 0.25) is 0 Å². The average Bonchev–Trinajstić information content (AvgIpc) is 2.15. The van der Waals surface area contributed by atoms with Crippen molar-refractivity contribution in [2.45, 2.75) is 39.0 Å². The number of nitrogens with two attached hydrogens (primary N) is 1. The molecule has 0 spiro atoms. The highest BCUT2D eigenvalue weighted by Gasteiger charge is 2.17. The molecule has 0 amide bonds. The summed E-state index contributed by atoms with van der Waals surface area (Å²) in [6.45, 7) is 6.02. The largest absolute Gasteiger partial charge is 0.369 e. The first kappa shape index (κ1) is 11.2. The Morgan fingerprint density at radius 3 is 2.07 bits per heavy atom. The molecular weight excluding hydrogens is 174 g/mol. The number of hydrogen-bond acceptors (Lipinski definition) is 2. The summed E-state index contributed by atoms with van der Waals surface area (Å²) >= 11 is 0. The zero-order valence-electron chi connectivity index (χ0n) is 9.10. The van der Waals surface area contributed by atoms with Gasteiger partial charge in [0.1, 0.15) is 0 Å². The van der Waals surface area contributed by atoms with Crippen LogP contribution >= 0.6 is 0 Å². The molecular formula is C12H19NO. The third-order valence-electron chi connectivity index (χ3n) is 2.02. The molecule has 0 fully saturated rings. The molecule has 0 aromatic heterocycles. The fourth-order valence-electron chi connectivity index (χ4n) is 1.44. The van der Waals surface area contributed by atoms with Crippen LogP contribution in [0.25, 0.3) is 0 Å². The first-order valence-electron chi connectivity index (χ1n) is 5.07. The van der Waals surface area contributed by atoms with Gasteiger partial charge in [-0.2, -0.15) is 0 Å². The van der Waals surface area contributed by atoms with Gasteiger partial charge in [-0.15, -0.1) is 0 Å². The predicted molar refractivity (Wildman–Crippen MR) is 59.1 cm³/mol. The van der Waals surface area contributed by atoms with Crippen LogP contribution in [0.4, 0.5) is 0 Å². The van der Waals surface area contributed by atoms with Crippen LogP contribution in [0.2, 0.25) is 0 Å². The maximum absolute atomic E-state index is 5.89. The van der Waals surface area contributed by atoms with E-state index in [-0.39, 0.29) is 18.2 Å². The van der Waals surface area contributed by atoms with Crippen LogP contribution in [0, 0.1) is 0 Å². The van der Waals surface area contributed by atoms with E-state index in [0.29, 0.717) is 0 Å². The third kappa shape index (κ3) is 3.13. The van der Waals surface area contributed by atoms with Crippen LogP contribution in [-0.4, -0.2) is 12.1 Å². The van der Waals surface area contributed by atoms with Gasteiger partial charge in [-0.1, -0.05) is 30.3 Å². The minimum atomic E-state index is -0.00352. The van der Waals surface area contributed by atoms with Gasteiger partial charge in [0.25, 0.3) is 0 Å². The molecule has 2 N–H and O–H groups in total. The molecule has 0 aliphatic heterocycles. The van der Waals surface area contributed by atoms with Crippen molar-refractivity contribution >= 4 is 0 Å². The number of benzene rings is 1. The Kier molecular flexibility index (Phi) is 4.11. The molecule has 0 aliphatic carbocycles.